The molecule has 0 unspecified atom stereocenters. The van der Waals surface area contributed by atoms with E-state index in [1.165, 1.54) is 16.3 Å². The molecule has 0 bridgehead atoms. The van der Waals surface area contributed by atoms with Crippen LogP contribution < -0.4 is 11.3 Å². The lowest BCUT2D eigenvalue weighted by molar-refractivity contribution is -0.118. The maximum absolute atomic E-state index is 13.1. The SMILES string of the molecule is Cc1ccc(-c2nnc(SCc3nc4ccccc4c(=O)n3CC(N)=O)n2-c2ccc(C)cc2)cc1. The summed E-state index contributed by atoms with van der Waals surface area (Å²) in [5, 5.41) is 10.1. The lowest BCUT2D eigenvalue weighted by atomic mass is 10.1. The fourth-order valence-electron chi connectivity index (χ4n) is 3.95. The van der Waals surface area contributed by atoms with Crippen LogP contribution in [0.3, 0.4) is 0 Å². The van der Waals surface area contributed by atoms with Gasteiger partial charge in [0.15, 0.2) is 11.0 Å². The maximum Gasteiger partial charge on any atom is 0.261 e. The minimum absolute atomic E-state index is 0.244. The average Bonchev–Trinajstić information content (AvgIpc) is 3.29. The average molecular weight is 497 g/mol. The smallest absolute Gasteiger partial charge is 0.261 e. The molecular formula is C27H24N6O2S. The second-order valence-electron chi connectivity index (χ2n) is 8.53. The molecule has 0 saturated heterocycles. The summed E-state index contributed by atoms with van der Waals surface area (Å²) in [7, 11) is 0. The molecular weight excluding hydrogens is 472 g/mol. The van der Waals surface area contributed by atoms with E-state index in [4.69, 9.17) is 5.73 Å². The number of nitrogens with zero attached hydrogens (tertiary/aromatic N) is 5. The van der Waals surface area contributed by atoms with E-state index in [1.807, 2.05) is 73.0 Å². The topological polar surface area (TPSA) is 109 Å². The van der Waals surface area contributed by atoms with Gasteiger partial charge in [-0.2, -0.15) is 0 Å². The quantitative estimate of drug-likeness (QED) is 0.341. The number of primary amides is 1. The van der Waals surface area contributed by atoms with Crippen molar-refractivity contribution in [3.63, 3.8) is 0 Å². The van der Waals surface area contributed by atoms with Crippen LogP contribution in [-0.4, -0.2) is 30.2 Å². The van der Waals surface area contributed by atoms with Crippen LogP contribution in [-0.2, 0) is 17.1 Å². The highest BCUT2D eigenvalue weighted by Crippen LogP contribution is 2.30. The van der Waals surface area contributed by atoms with E-state index in [0.717, 1.165) is 22.4 Å². The predicted molar refractivity (Wildman–Crippen MR) is 141 cm³/mol. The molecule has 5 aromatic rings. The summed E-state index contributed by atoms with van der Waals surface area (Å²) >= 11 is 1.39. The van der Waals surface area contributed by atoms with Gasteiger partial charge in [0, 0.05) is 11.3 Å². The molecule has 0 spiro atoms. The Morgan fingerprint density at radius 2 is 1.58 bits per heavy atom. The minimum atomic E-state index is -0.607. The van der Waals surface area contributed by atoms with E-state index in [-0.39, 0.29) is 12.1 Å². The van der Waals surface area contributed by atoms with Gasteiger partial charge in [0.05, 0.1) is 16.7 Å². The first-order chi connectivity index (χ1) is 17.4. The Balaban J connectivity index is 1.58. The third kappa shape index (κ3) is 4.65. The Morgan fingerprint density at radius 3 is 2.28 bits per heavy atom. The number of aryl methyl sites for hydroxylation is 2. The van der Waals surface area contributed by atoms with Crippen molar-refractivity contribution in [1.29, 1.82) is 0 Å². The zero-order chi connectivity index (χ0) is 25.2. The number of thioether (sulfide) groups is 1. The number of carbonyl (C=O) groups is 1. The molecule has 2 aromatic heterocycles. The number of hydrogen-bond donors (Lipinski definition) is 1. The van der Waals surface area contributed by atoms with Crippen molar-refractivity contribution < 1.29 is 4.79 Å². The van der Waals surface area contributed by atoms with Crippen LogP contribution in [0, 0.1) is 13.8 Å². The van der Waals surface area contributed by atoms with Crippen LogP contribution in [0.5, 0.6) is 0 Å². The molecule has 180 valence electrons. The highest BCUT2D eigenvalue weighted by atomic mass is 32.2. The predicted octanol–water partition coefficient (Wildman–Crippen LogP) is 4.04. The van der Waals surface area contributed by atoms with Crippen molar-refractivity contribution >= 4 is 28.6 Å². The van der Waals surface area contributed by atoms with Crippen molar-refractivity contribution in [2.75, 3.05) is 0 Å². The van der Waals surface area contributed by atoms with Crippen LogP contribution in [0.15, 0.2) is 82.7 Å². The Morgan fingerprint density at radius 1 is 0.917 bits per heavy atom. The molecule has 0 fully saturated rings. The summed E-state index contributed by atoms with van der Waals surface area (Å²) in [4.78, 5) is 29.5. The molecule has 9 heteroatoms. The first-order valence-electron chi connectivity index (χ1n) is 11.4. The molecule has 0 aliphatic heterocycles. The van der Waals surface area contributed by atoms with E-state index in [9.17, 15) is 9.59 Å². The molecule has 2 N–H and O–H groups in total. The van der Waals surface area contributed by atoms with Crippen LogP contribution in [0.25, 0.3) is 28.0 Å². The Hall–Kier alpha value is -4.24. The molecule has 0 saturated carbocycles. The second-order valence-corrected chi connectivity index (χ2v) is 9.48. The Labute approximate surface area is 211 Å². The molecule has 0 atom stereocenters. The molecule has 1 amide bonds. The Kier molecular flexibility index (Phi) is 6.39. The molecule has 0 aliphatic carbocycles. The van der Waals surface area contributed by atoms with Crippen molar-refractivity contribution in [2.24, 2.45) is 5.73 Å². The summed E-state index contributed by atoms with van der Waals surface area (Å²) in [6.45, 7) is 3.83. The van der Waals surface area contributed by atoms with Crippen LogP contribution in [0.2, 0.25) is 0 Å². The molecule has 3 aromatic carbocycles. The largest absolute Gasteiger partial charge is 0.368 e. The van der Waals surface area contributed by atoms with Gasteiger partial charge in [-0.3, -0.25) is 18.7 Å². The van der Waals surface area contributed by atoms with Crippen LogP contribution in [0.4, 0.5) is 0 Å². The van der Waals surface area contributed by atoms with Crippen molar-refractivity contribution in [3.8, 4) is 17.1 Å². The molecule has 5 rings (SSSR count). The number of rotatable bonds is 7. The number of fused-ring (bicyclic) bond motifs is 1. The van der Waals surface area contributed by atoms with Gasteiger partial charge < -0.3 is 5.73 Å². The lowest BCUT2D eigenvalue weighted by Gasteiger charge is -2.13. The van der Waals surface area contributed by atoms with E-state index < -0.39 is 5.91 Å². The summed E-state index contributed by atoms with van der Waals surface area (Å²) in [6, 6.07) is 23.3. The summed E-state index contributed by atoms with van der Waals surface area (Å²) < 4.78 is 3.33. The van der Waals surface area contributed by atoms with E-state index in [0.29, 0.717) is 33.5 Å². The summed E-state index contributed by atoms with van der Waals surface area (Å²) in [5.41, 5.74) is 9.88. The van der Waals surface area contributed by atoms with Gasteiger partial charge in [-0.25, -0.2) is 4.98 Å². The third-order valence-corrected chi connectivity index (χ3v) is 6.75. The van der Waals surface area contributed by atoms with Crippen LogP contribution in [0.1, 0.15) is 17.0 Å². The summed E-state index contributed by atoms with van der Waals surface area (Å²) in [6.07, 6.45) is 0. The number of para-hydroxylation sites is 1. The highest BCUT2D eigenvalue weighted by Gasteiger charge is 2.19. The van der Waals surface area contributed by atoms with E-state index >= 15 is 0 Å². The molecule has 8 nitrogen and oxygen atoms in total. The minimum Gasteiger partial charge on any atom is -0.368 e. The first-order valence-corrected chi connectivity index (χ1v) is 12.4. The Bertz CT molecular complexity index is 1620. The van der Waals surface area contributed by atoms with Gasteiger partial charge in [-0.05, 0) is 38.1 Å². The molecule has 0 aliphatic rings. The number of amides is 1. The monoisotopic (exact) mass is 496 g/mol. The van der Waals surface area contributed by atoms with Gasteiger partial charge in [0.1, 0.15) is 12.4 Å². The van der Waals surface area contributed by atoms with E-state index in [2.05, 4.69) is 15.2 Å². The van der Waals surface area contributed by atoms with Crippen molar-refractivity contribution in [3.05, 3.63) is 100 Å². The molecule has 36 heavy (non-hydrogen) atoms. The van der Waals surface area contributed by atoms with Gasteiger partial charge in [0.25, 0.3) is 5.56 Å². The maximum atomic E-state index is 13.1. The number of benzene rings is 3. The zero-order valence-electron chi connectivity index (χ0n) is 19.9. The fraction of sp³-hybridized carbons (Fsp3) is 0.148. The zero-order valence-corrected chi connectivity index (χ0v) is 20.7. The number of aromatic nitrogens is 5. The van der Waals surface area contributed by atoms with Crippen LogP contribution >= 0.6 is 11.8 Å². The first kappa shape index (κ1) is 23.5. The van der Waals surface area contributed by atoms with Gasteiger partial charge >= 0.3 is 0 Å². The molecule has 0 radical (unpaired) electrons. The highest BCUT2D eigenvalue weighted by molar-refractivity contribution is 7.98. The summed E-state index contributed by atoms with van der Waals surface area (Å²) in [5.74, 6) is 0.843. The number of hydrogen-bond acceptors (Lipinski definition) is 6. The van der Waals surface area contributed by atoms with Crippen molar-refractivity contribution in [2.45, 2.75) is 31.3 Å². The number of carbonyl (C=O) groups excluding carboxylic acids is 1. The van der Waals surface area contributed by atoms with Gasteiger partial charge in [-0.15, -0.1) is 10.2 Å². The molecule has 2 heterocycles. The van der Waals surface area contributed by atoms with Crippen molar-refractivity contribution in [1.82, 2.24) is 24.3 Å². The van der Waals surface area contributed by atoms with E-state index in [1.54, 1.807) is 18.2 Å². The standard InChI is InChI=1S/C27H24N6O2S/c1-17-7-11-19(12-8-17)25-30-31-27(33(25)20-13-9-18(2)10-14-20)36-16-24-29-22-6-4-3-5-21(22)26(35)32(24)15-23(28)34/h3-14H,15-16H2,1-2H3,(H2,28,34). The van der Waals surface area contributed by atoms with Gasteiger partial charge in [0.2, 0.25) is 5.91 Å². The van der Waals surface area contributed by atoms with Gasteiger partial charge in [-0.1, -0.05) is 71.4 Å². The second kappa shape index (κ2) is 9.79. The lowest BCUT2D eigenvalue weighted by Crippen LogP contribution is -2.31. The number of nitrogens with two attached hydrogens (primary N) is 1. The fourth-order valence-corrected chi connectivity index (χ4v) is 4.85. The third-order valence-electron chi connectivity index (χ3n) is 5.82. The normalized spacial score (nSPS) is 11.2.